The molecule has 4 rings (SSSR count). The molecule has 176 valence electrons. The van der Waals surface area contributed by atoms with Crippen LogP contribution in [0.25, 0.3) is 0 Å². The minimum absolute atomic E-state index is 0.0505. The predicted octanol–water partition coefficient (Wildman–Crippen LogP) is 4.32. The number of rotatable bonds is 6. The van der Waals surface area contributed by atoms with Gasteiger partial charge in [-0.1, -0.05) is 12.1 Å². The summed E-state index contributed by atoms with van der Waals surface area (Å²) in [6.07, 6.45) is -1.94. The molecule has 0 atom stereocenters. The molecule has 1 aliphatic heterocycles. The third-order valence-electron chi connectivity index (χ3n) is 5.72. The molecule has 0 radical (unpaired) electrons. The SMILES string of the molecule is O=C(NCCC(=O)N1CCc2c(cccc2Nc2ccc(C(F)(F)F)cc2F)C1)NC1CC1. The molecular formula is C23H24F4N4O2. The predicted molar refractivity (Wildman–Crippen MR) is 114 cm³/mol. The fourth-order valence-electron chi connectivity index (χ4n) is 3.78. The van der Waals surface area contributed by atoms with Crippen LogP contribution in [-0.2, 0) is 23.9 Å². The molecule has 1 fully saturated rings. The summed E-state index contributed by atoms with van der Waals surface area (Å²) in [5, 5.41) is 8.37. The molecule has 0 unspecified atom stereocenters. The Kier molecular flexibility index (Phi) is 6.44. The van der Waals surface area contributed by atoms with Crippen LogP contribution in [0.15, 0.2) is 36.4 Å². The summed E-state index contributed by atoms with van der Waals surface area (Å²) in [5.41, 5.74) is 1.27. The lowest BCUT2D eigenvalue weighted by Crippen LogP contribution is -2.41. The van der Waals surface area contributed by atoms with E-state index >= 15 is 0 Å². The van der Waals surface area contributed by atoms with E-state index in [9.17, 15) is 27.2 Å². The minimum Gasteiger partial charge on any atom is -0.353 e. The second kappa shape index (κ2) is 9.29. The van der Waals surface area contributed by atoms with E-state index in [1.807, 2.05) is 6.07 Å². The number of anilines is 2. The first-order chi connectivity index (χ1) is 15.7. The van der Waals surface area contributed by atoms with Gasteiger partial charge in [0.25, 0.3) is 0 Å². The Morgan fingerprint density at radius 1 is 1.09 bits per heavy atom. The van der Waals surface area contributed by atoms with Gasteiger partial charge in [0.1, 0.15) is 5.82 Å². The second-order valence-electron chi connectivity index (χ2n) is 8.25. The highest BCUT2D eigenvalue weighted by Gasteiger charge is 2.31. The third kappa shape index (κ3) is 5.74. The lowest BCUT2D eigenvalue weighted by atomic mass is 9.97. The van der Waals surface area contributed by atoms with Gasteiger partial charge in [-0.25, -0.2) is 9.18 Å². The van der Waals surface area contributed by atoms with E-state index in [2.05, 4.69) is 16.0 Å². The highest BCUT2D eigenvalue weighted by Crippen LogP contribution is 2.34. The maximum atomic E-state index is 14.3. The Labute approximate surface area is 188 Å². The molecule has 1 saturated carbocycles. The average molecular weight is 464 g/mol. The van der Waals surface area contributed by atoms with E-state index in [0.717, 1.165) is 36.1 Å². The maximum Gasteiger partial charge on any atom is 0.416 e. The van der Waals surface area contributed by atoms with Crippen LogP contribution >= 0.6 is 0 Å². The number of urea groups is 1. The van der Waals surface area contributed by atoms with Crippen molar-refractivity contribution in [3.8, 4) is 0 Å². The van der Waals surface area contributed by atoms with Gasteiger partial charge in [-0.3, -0.25) is 4.79 Å². The molecule has 33 heavy (non-hydrogen) atoms. The minimum atomic E-state index is -4.61. The second-order valence-corrected chi connectivity index (χ2v) is 8.25. The largest absolute Gasteiger partial charge is 0.416 e. The molecule has 0 aromatic heterocycles. The lowest BCUT2D eigenvalue weighted by Gasteiger charge is -2.30. The molecular weight excluding hydrogens is 440 g/mol. The van der Waals surface area contributed by atoms with Crippen molar-refractivity contribution < 1.29 is 27.2 Å². The number of amides is 3. The molecule has 6 nitrogen and oxygen atoms in total. The Hall–Kier alpha value is -3.30. The van der Waals surface area contributed by atoms with Gasteiger partial charge in [-0.15, -0.1) is 0 Å². The number of nitrogens with one attached hydrogen (secondary N) is 3. The van der Waals surface area contributed by atoms with Gasteiger partial charge >= 0.3 is 12.2 Å². The van der Waals surface area contributed by atoms with Gasteiger partial charge in [-0.2, -0.15) is 13.2 Å². The van der Waals surface area contributed by atoms with E-state index in [0.29, 0.717) is 31.3 Å². The number of fused-ring (bicyclic) bond motifs is 1. The summed E-state index contributed by atoms with van der Waals surface area (Å²) in [6, 6.07) is 7.71. The van der Waals surface area contributed by atoms with Crippen molar-refractivity contribution in [2.24, 2.45) is 0 Å². The summed E-state index contributed by atoms with van der Waals surface area (Å²) in [7, 11) is 0. The molecule has 0 bridgehead atoms. The van der Waals surface area contributed by atoms with Crippen LogP contribution in [0.1, 0.15) is 36.0 Å². The van der Waals surface area contributed by atoms with Crippen LogP contribution in [0.4, 0.5) is 33.7 Å². The summed E-state index contributed by atoms with van der Waals surface area (Å²) in [5.74, 6) is -1.08. The number of carbonyl (C=O) groups excluding carboxylic acids is 2. The van der Waals surface area contributed by atoms with Gasteiger partial charge in [0.15, 0.2) is 0 Å². The molecule has 10 heteroatoms. The van der Waals surface area contributed by atoms with Crippen LogP contribution in [0, 0.1) is 5.82 Å². The smallest absolute Gasteiger partial charge is 0.353 e. The molecule has 0 spiro atoms. The highest BCUT2D eigenvalue weighted by atomic mass is 19.4. The lowest BCUT2D eigenvalue weighted by molar-refractivity contribution is -0.137. The van der Waals surface area contributed by atoms with Crippen molar-refractivity contribution in [1.29, 1.82) is 0 Å². The van der Waals surface area contributed by atoms with E-state index in [1.165, 1.54) is 0 Å². The Morgan fingerprint density at radius 3 is 2.58 bits per heavy atom. The molecule has 3 amide bonds. The number of hydrogen-bond donors (Lipinski definition) is 3. The van der Waals surface area contributed by atoms with Crippen LogP contribution in [0.2, 0.25) is 0 Å². The maximum absolute atomic E-state index is 14.3. The normalized spacial score (nSPS) is 15.6. The molecule has 2 aromatic rings. The summed E-state index contributed by atoms with van der Waals surface area (Å²) in [4.78, 5) is 25.9. The van der Waals surface area contributed by atoms with Crippen LogP contribution in [0.3, 0.4) is 0 Å². The summed E-state index contributed by atoms with van der Waals surface area (Å²) in [6.45, 7) is 1.07. The molecule has 2 aromatic carbocycles. The van der Waals surface area contributed by atoms with Gasteiger partial charge < -0.3 is 20.9 Å². The molecule has 1 aliphatic carbocycles. The Bertz CT molecular complexity index is 1050. The Morgan fingerprint density at radius 2 is 1.88 bits per heavy atom. The molecule has 1 heterocycles. The van der Waals surface area contributed by atoms with Gasteiger partial charge in [0.2, 0.25) is 5.91 Å². The first-order valence-electron chi connectivity index (χ1n) is 10.8. The van der Waals surface area contributed by atoms with Gasteiger partial charge in [0.05, 0.1) is 11.3 Å². The van der Waals surface area contributed by atoms with Crippen molar-refractivity contribution in [2.45, 2.75) is 44.4 Å². The van der Waals surface area contributed by atoms with Crippen molar-refractivity contribution >= 4 is 23.3 Å². The summed E-state index contributed by atoms with van der Waals surface area (Å²) >= 11 is 0. The topological polar surface area (TPSA) is 73.5 Å². The van der Waals surface area contributed by atoms with Gasteiger partial charge in [-0.05, 0) is 54.7 Å². The first-order valence-corrected chi connectivity index (χ1v) is 10.8. The molecule has 3 N–H and O–H groups in total. The number of benzene rings is 2. The van der Waals surface area contributed by atoms with Crippen LogP contribution in [-0.4, -0.2) is 36.0 Å². The highest BCUT2D eigenvalue weighted by molar-refractivity contribution is 5.79. The standard InChI is InChI=1S/C23H24F4N4O2/c24-18-12-15(23(25,26)27)4-7-20(18)30-19-3-1-2-14-13-31(11-9-17(14)19)21(32)8-10-28-22(33)29-16-5-6-16/h1-4,7,12,16,30H,5-6,8-11,13H2,(H2,28,29,33). The molecule has 0 saturated heterocycles. The average Bonchev–Trinajstić information content (AvgIpc) is 3.58. The van der Waals surface area contributed by atoms with E-state index in [-0.39, 0.29) is 36.6 Å². The zero-order chi connectivity index (χ0) is 23.6. The fraction of sp³-hybridized carbons (Fsp3) is 0.391. The van der Waals surface area contributed by atoms with Crippen LogP contribution < -0.4 is 16.0 Å². The third-order valence-corrected chi connectivity index (χ3v) is 5.72. The number of halogens is 4. The van der Waals surface area contributed by atoms with E-state index < -0.39 is 17.6 Å². The van der Waals surface area contributed by atoms with Crippen molar-refractivity contribution in [3.05, 3.63) is 58.9 Å². The zero-order valence-electron chi connectivity index (χ0n) is 17.8. The zero-order valence-corrected chi connectivity index (χ0v) is 17.8. The van der Waals surface area contributed by atoms with E-state index in [1.54, 1.807) is 17.0 Å². The van der Waals surface area contributed by atoms with Crippen molar-refractivity contribution in [1.82, 2.24) is 15.5 Å². The van der Waals surface area contributed by atoms with Crippen LogP contribution in [0.5, 0.6) is 0 Å². The monoisotopic (exact) mass is 464 g/mol. The molecule has 2 aliphatic rings. The fourth-order valence-corrected chi connectivity index (χ4v) is 3.78. The van der Waals surface area contributed by atoms with E-state index in [4.69, 9.17) is 0 Å². The Balaban J connectivity index is 1.37. The number of hydrogen-bond acceptors (Lipinski definition) is 3. The number of carbonyl (C=O) groups is 2. The number of nitrogens with zero attached hydrogens (tertiary/aromatic N) is 1. The quantitative estimate of drug-likeness (QED) is 0.558. The summed E-state index contributed by atoms with van der Waals surface area (Å²) < 4.78 is 52.6. The van der Waals surface area contributed by atoms with Crippen molar-refractivity contribution in [2.75, 3.05) is 18.4 Å². The van der Waals surface area contributed by atoms with Gasteiger partial charge in [0, 0.05) is 37.8 Å². The first kappa shape index (κ1) is 22.9. The van der Waals surface area contributed by atoms with Crippen molar-refractivity contribution in [3.63, 3.8) is 0 Å². The number of alkyl halides is 3.